The second kappa shape index (κ2) is 7.00. The van der Waals surface area contributed by atoms with Crippen LogP contribution >= 0.6 is 23.4 Å². The Bertz CT molecular complexity index is 642. The van der Waals surface area contributed by atoms with E-state index in [4.69, 9.17) is 11.6 Å². The standard InChI is InChI=1S/C15H18ClN3OS/c1-4-13(21-15-17-8-9-19(15)3)14(20)18-12-7-5-6-11(16)10(12)2/h5-9,13H,4H2,1-3H3,(H,18,20). The molecule has 1 heterocycles. The number of rotatable bonds is 5. The van der Waals surface area contributed by atoms with Crippen LogP contribution in [0.5, 0.6) is 0 Å². The van der Waals surface area contributed by atoms with Crippen LogP contribution in [0, 0.1) is 6.92 Å². The van der Waals surface area contributed by atoms with Gasteiger partial charge in [-0.05, 0) is 31.0 Å². The molecule has 1 unspecified atom stereocenters. The number of aromatic nitrogens is 2. The summed E-state index contributed by atoms with van der Waals surface area (Å²) in [6.07, 6.45) is 4.32. The first-order valence-electron chi connectivity index (χ1n) is 6.73. The molecule has 2 aromatic rings. The zero-order valence-electron chi connectivity index (χ0n) is 12.3. The molecule has 0 saturated heterocycles. The molecule has 0 aliphatic carbocycles. The van der Waals surface area contributed by atoms with Gasteiger partial charge in [-0.15, -0.1) is 0 Å². The molecule has 0 aliphatic rings. The minimum atomic E-state index is -0.190. The van der Waals surface area contributed by atoms with Crippen LogP contribution < -0.4 is 5.32 Å². The van der Waals surface area contributed by atoms with E-state index < -0.39 is 0 Å². The fraction of sp³-hybridized carbons (Fsp3) is 0.333. The zero-order valence-corrected chi connectivity index (χ0v) is 13.8. The third-order valence-electron chi connectivity index (χ3n) is 3.21. The van der Waals surface area contributed by atoms with Crippen molar-refractivity contribution in [2.75, 3.05) is 5.32 Å². The number of aryl methyl sites for hydroxylation is 1. The number of nitrogens with one attached hydrogen (secondary N) is 1. The van der Waals surface area contributed by atoms with Crippen molar-refractivity contribution in [3.63, 3.8) is 0 Å². The van der Waals surface area contributed by atoms with E-state index >= 15 is 0 Å². The maximum absolute atomic E-state index is 12.4. The van der Waals surface area contributed by atoms with Crippen molar-refractivity contribution in [1.82, 2.24) is 9.55 Å². The largest absolute Gasteiger partial charge is 0.329 e. The highest BCUT2D eigenvalue weighted by Gasteiger charge is 2.20. The molecular weight excluding hydrogens is 306 g/mol. The number of imidazole rings is 1. The van der Waals surface area contributed by atoms with Gasteiger partial charge in [0.25, 0.3) is 0 Å². The minimum Gasteiger partial charge on any atom is -0.329 e. The number of benzene rings is 1. The van der Waals surface area contributed by atoms with Crippen LogP contribution in [0.3, 0.4) is 0 Å². The van der Waals surface area contributed by atoms with E-state index in [1.54, 1.807) is 6.20 Å². The number of carbonyl (C=O) groups excluding carboxylic acids is 1. The molecule has 4 nitrogen and oxygen atoms in total. The summed E-state index contributed by atoms with van der Waals surface area (Å²) >= 11 is 7.54. The molecule has 0 spiro atoms. The van der Waals surface area contributed by atoms with Gasteiger partial charge in [-0.3, -0.25) is 4.79 Å². The molecule has 1 aromatic heterocycles. The molecule has 0 radical (unpaired) electrons. The van der Waals surface area contributed by atoms with Gasteiger partial charge in [-0.2, -0.15) is 0 Å². The number of hydrogen-bond donors (Lipinski definition) is 1. The molecule has 112 valence electrons. The van der Waals surface area contributed by atoms with Crippen LogP contribution in [0.2, 0.25) is 5.02 Å². The van der Waals surface area contributed by atoms with Crippen LogP contribution in [-0.4, -0.2) is 20.7 Å². The van der Waals surface area contributed by atoms with Crippen LogP contribution in [0.25, 0.3) is 0 Å². The highest BCUT2D eigenvalue weighted by atomic mass is 35.5. The van der Waals surface area contributed by atoms with E-state index in [1.807, 2.05) is 49.9 Å². The van der Waals surface area contributed by atoms with Crippen molar-refractivity contribution < 1.29 is 4.79 Å². The molecule has 1 atom stereocenters. The van der Waals surface area contributed by atoms with Crippen molar-refractivity contribution in [3.8, 4) is 0 Å². The van der Waals surface area contributed by atoms with Crippen LogP contribution in [0.15, 0.2) is 35.7 Å². The van der Waals surface area contributed by atoms with E-state index in [0.717, 1.165) is 22.8 Å². The van der Waals surface area contributed by atoms with Gasteiger partial charge in [-0.1, -0.05) is 36.4 Å². The number of amides is 1. The minimum absolute atomic E-state index is 0.0316. The number of hydrogen-bond acceptors (Lipinski definition) is 3. The first-order valence-corrected chi connectivity index (χ1v) is 7.98. The summed E-state index contributed by atoms with van der Waals surface area (Å²) < 4.78 is 1.91. The number of carbonyl (C=O) groups is 1. The molecule has 0 aliphatic heterocycles. The van der Waals surface area contributed by atoms with E-state index in [0.29, 0.717) is 5.02 Å². The smallest absolute Gasteiger partial charge is 0.237 e. The average Bonchev–Trinajstić information content (AvgIpc) is 2.86. The predicted octanol–water partition coefficient (Wildman–Crippen LogP) is 3.89. The topological polar surface area (TPSA) is 46.9 Å². The predicted molar refractivity (Wildman–Crippen MR) is 88.0 cm³/mol. The second-order valence-electron chi connectivity index (χ2n) is 4.74. The lowest BCUT2D eigenvalue weighted by molar-refractivity contribution is -0.115. The summed E-state index contributed by atoms with van der Waals surface area (Å²) in [4.78, 5) is 16.7. The number of anilines is 1. The van der Waals surface area contributed by atoms with Crippen molar-refractivity contribution >= 4 is 35.0 Å². The Morgan fingerprint density at radius 3 is 2.90 bits per heavy atom. The van der Waals surface area contributed by atoms with Crippen LogP contribution in [0.4, 0.5) is 5.69 Å². The van der Waals surface area contributed by atoms with Crippen LogP contribution in [-0.2, 0) is 11.8 Å². The molecule has 2 rings (SSSR count). The van der Waals surface area contributed by atoms with Gasteiger partial charge >= 0.3 is 0 Å². The SMILES string of the molecule is CCC(Sc1nccn1C)C(=O)Nc1cccc(Cl)c1C. The molecule has 21 heavy (non-hydrogen) atoms. The van der Waals surface area contributed by atoms with Gasteiger partial charge in [0.05, 0.1) is 5.25 Å². The Morgan fingerprint density at radius 2 is 2.29 bits per heavy atom. The summed E-state index contributed by atoms with van der Waals surface area (Å²) in [5, 5.41) is 4.25. The fourth-order valence-corrected chi connectivity index (χ4v) is 2.98. The Hall–Kier alpha value is -1.46. The number of halogens is 1. The maximum atomic E-state index is 12.4. The van der Waals surface area contributed by atoms with Crippen molar-refractivity contribution in [2.45, 2.75) is 30.7 Å². The summed E-state index contributed by atoms with van der Waals surface area (Å²) in [6, 6.07) is 5.50. The van der Waals surface area contributed by atoms with Crippen molar-refractivity contribution in [2.24, 2.45) is 7.05 Å². The average molecular weight is 324 g/mol. The van der Waals surface area contributed by atoms with Gasteiger partial charge in [0.2, 0.25) is 5.91 Å². The fourth-order valence-electron chi connectivity index (χ4n) is 1.87. The molecule has 0 fully saturated rings. The normalized spacial score (nSPS) is 12.2. The van der Waals surface area contributed by atoms with E-state index in [1.165, 1.54) is 11.8 Å². The third-order valence-corrected chi connectivity index (χ3v) is 5.06. The quantitative estimate of drug-likeness (QED) is 0.849. The van der Waals surface area contributed by atoms with Gasteiger partial charge in [-0.25, -0.2) is 4.98 Å². The Labute approximate surface area is 133 Å². The number of nitrogens with zero attached hydrogens (tertiary/aromatic N) is 2. The molecule has 6 heteroatoms. The summed E-state index contributed by atoms with van der Waals surface area (Å²) in [5.41, 5.74) is 1.63. The zero-order chi connectivity index (χ0) is 15.4. The molecule has 0 saturated carbocycles. The Morgan fingerprint density at radius 1 is 1.52 bits per heavy atom. The summed E-state index contributed by atoms with van der Waals surface area (Å²) in [6.45, 7) is 3.88. The molecule has 1 amide bonds. The second-order valence-corrected chi connectivity index (χ2v) is 6.31. The molecule has 1 aromatic carbocycles. The monoisotopic (exact) mass is 323 g/mol. The lowest BCUT2D eigenvalue weighted by Crippen LogP contribution is -2.25. The van der Waals surface area contributed by atoms with E-state index in [9.17, 15) is 4.79 Å². The molecular formula is C15H18ClN3OS. The van der Waals surface area contributed by atoms with Crippen molar-refractivity contribution in [1.29, 1.82) is 0 Å². The highest BCUT2D eigenvalue weighted by molar-refractivity contribution is 8.00. The van der Waals surface area contributed by atoms with Gasteiger partial charge in [0.15, 0.2) is 5.16 Å². The first-order chi connectivity index (χ1) is 10.0. The van der Waals surface area contributed by atoms with Crippen LogP contribution in [0.1, 0.15) is 18.9 Å². The van der Waals surface area contributed by atoms with Crippen molar-refractivity contribution in [3.05, 3.63) is 41.2 Å². The van der Waals surface area contributed by atoms with Gasteiger partial charge in [0.1, 0.15) is 0 Å². The highest BCUT2D eigenvalue weighted by Crippen LogP contribution is 2.27. The van der Waals surface area contributed by atoms with Gasteiger partial charge < -0.3 is 9.88 Å². The lowest BCUT2D eigenvalue weighted by atomic mass is 10.2. The van der Waals surface area contributed by atoms with E-state index in [2.05, 4.69) is 10.3 Å². The Balaban J connectivity index is 2.10. The first kappa shape index (κ1) is 15.9. The third kappa shape index (κ3) is 3.80. The number of thioether (sulfide) groups is 1. The summed E-state index contributed by atoms with van der Waals surface area (Å²) in [5.74, 6) is -0.0316. The maximum Gasteiger partial charge on any atom is 0.237 e. The summed E-state index contributed by atoms with van der Waals surface area (Å²) in [7, 11) is 1.92. The van der Waals surface area contributed by atoms with E-state index in [-0.39, 0.29) is 11.2 Å². The molecule has 0 bridgehead atoms. The van der Waals surface area contributed by atoms with Gasteiger partial charge in [0, 0.05) is 30.2 Å². The lowest BCUT2D eigenvalue weighted by Gasteiger charge is -2.16. The Kier molecular flexibility index (Phi) is 5.31. The molecule has 1 N–H and O–H groups in total.